The smallest absolute Gasteiger partial charge is 0.249 e. The number of ether oxygens (including phenoxy) is 1. The molecule has 3 fully saturated rings. The van der Waals surface area contributed by atoms with E-state index in [1.807, 2.05) is 13.8 Å². The van der Waals surface area contributed by atoms with Crippen LogP contribution in [0.1, 0.15) is 39.5 Å². The Morgan fingerprint density at radius 1 is 1.37 bits per heavy atom. The van der Waals surface area contributed by atoms with Gasteiger partial charge in [0, 0.05) is 6.61 Å². The SMILES string of the molecule is CC(C1CCCO1)N1CC(=O)NC(C)(C2CC2)C1=O. The zero-order chi connectivity index (χ0) is 13.6. The molecule has 1 aliphatic carbocycles. The van der Waals surface area contributed by atoms with Gasteiger partial charge in [-0.3, -0.25) is 9.59 Å². The number of hydrogen-bond donors (Lipinski definition) is 1. The molecule has 19 heavy (non-hydrogen) atoms. The van der Waals surface area contributed by atoms with E-state index < -0.39 is 5.54 Å². The topological polar surface area (TPSA) is 58.6 Å². The Labute approximate surface area is 113 Å². The van der Waals surface area contributed by atoms with Gasteiger partial charge in [-0.2, -0.15) is 0 Å². The highest BCUT2D eigenvalue weighted by Gasteiger charge is 2.53. The van der Waals surface area contributed by atoms with Gasteiger partial charge in [0.1, 0.15) is 12.1 Å². The summed E-state index contributed by atoms with van der Waals surface area (Å²) in [5.41, 5.74) is -0.692. The molecule has 2 aliphatic heterocycles. The predicted octanol–water partition coefficient (Wildman–Crippen LogP) is 0.681. The van der Waals surface area contributed by atoms with Crippen LogP contribution in [0.25, 0.3) is 0 Å². The van der Waals surface area contributed by atoms with Crippen molar-refractivity contribution in [1.82, 2.24) is 10.2 Å². The number of rotatable bonds is 3. The Kier molecular flexibility index (Phi) is 3.04. The van der Waals surface area contributed by atoms with Crippen molar-refractivity contribution in [3.63, 3.8) is 0 Å². The zero-order valence-corrected chi connectivity index (χ0v) is 11.6. The van der Waals surface area contributed by atoms with E-state index in [9.17, 15) is 9.59 Å². The van der Waals surface area contributed by atoms with Crippen molar-refractivity contribution in [2.24, 2.45) is 5.92 Å². The molecule has 1 saturated carbocycles. The van der Waals surface area contributed by atoms with Gasteiger partial charge in [0.15, 0.2) is 0 Å². The first-order chi connectivity index (χ1) is 9.02. The molecule has 0 radical (unpaired) electrons. The molecule has 106 valence electrons. The van der Waals surface area contributed by atoms with Crippen LogP contribution in [0, 0.1) is 5.92 Å². The molecule has 2 heterocycles. The van der Waals surface area contributed by atoms with Crippen molar-refractivity contribution < 1.29 is 14.3 Å². The Morgan fingerprint density at radius 2 is 2.11 bits per heavy atom. The summed E-state index contributed by atoms with van der Waals surface area (Å²) in [5, 5.41) is 2.91. The third-order valence-electron chi connectivity index (χ3n) is 4.81. The van der Waals surface area contributed by atoms with E-state index in [0.717, 1.165) is 32.3 Å². The molecule has 1 N–H and O–H groups in total. The van der Waals surface area contributed by atoms with Crippen LogP contribution in [0.3, 0.4) is 0 Å². The number of carbonyl (C=O) groups is 2. The lowest BCUT2D eigenvalue weighted by molar-refractivity contribution is -0.154. The second-order valence-corrected chi connectivity index (χ2v) is 6.25. The lowest BCUT2D eigenvalue weighted by Gasteiger charge is -2.43. The minimum Gasteiger partial charge on any atom is -0.376 e. The summed E-state index contributed by atoms with van der Waals surface area (Å²) in [7, 11) is 0. The van der Waals surface area contributed by atoms with Crippen LogP contribution in [0.4, 0.5) is 0 Å². The van der Waals surface area contributed by atoms with Crippen molar-refractivity contribution in [3.8, 4) is 0 Å². The minimum atomic E-state index is -0.692. The van der Waals surface area contributed by atoms with Gasteiger partial charge in [-0.15, -0.1) is 0 Å². The average molecular weight is 266 g/mol. The lowest BCUT2D eigenvalue weighted by Crippen LogP contribution is -2.68. The number of nitrogens with zero attached hydrogens (tertiary/aromatic N) is 1. The number of nitrogens with one attached hydrogen (secondary N) is 1. The normalized spacial score (nSPS) is 37.4. The van der Waals surface area contributed by atoms with Crippen LogP contribution in [0.15, 0.2) is 0 Å². The van der Waals surface area contributed by atoms with Gasteiger partial charge in [-0.25, -0.2) is 0 Å². The number of piperazine rings is 1. The molecule has 0 aromatic carbocycles. The van der Waals surface area contributed by atoms with Crippen LogP contribution in [0.5, 0.6) is 0 Å². The summed E-state index contributed by atoms with van der Waals surface area (Å²) in [6.45, 7) is 4.81. The van der Waals surface area contributed by atoms with Crippen LogP contribution >= 0.6 is 0 Å². The number of hydrogen-bond acceptors (Lipinski definition) is 3. The Balaban J connectivity index is 1.79. The van der Waals surface area contributed by atoms with Gasteiger partial charge < -0.3 is 15.0 Å². The van der Waals surface area contributed by atoms with Crippen molar-refractivity contribution in [3.05, 3.63) is 0 Å². The Hall–Kier alpha value is -1.10. The molecular weight excluding hydrogens is 244 g/mol. The van der Waals surface area contributed by atoms with Gasteiger partial charge in [0.2, 0.25) is 11.8 Å². The Bertz CT molecular complexity index is 401. The summed E-state index contributed by atoms with van der Waals surface area (Å²) < 4.78 is 5.67. The summed E-state index contributed by atoms with van der Waals surface area (Å²) in [6.07, 6.45) is 4.17. The summed E-state index contributed by atoms with van der Waals surface area (Å²) in [4.78, 5) is 26.4. The first kappa shape index (κ1) is 12.9. The van der Waals surface area contributed by atoms with Crippen molar-refractivity contribution in [1.29, 1.82) is 0 Å². The first-order valence-electron chi connectivity index (χ1n) is 7.26. The maximum absolute atomic E-state index is 12.7. The molecule has 3 atom stereocenters. The molecule has 0 bridgehead atoms. The van der Waals surface area contributed by atoms with Gasteiger partial charge in [0.25, 0.3) is 0 Å². The van der Waals surface area contributed by atoms with E-state index in [4.69, 9.17) is 4.74 Å². The van der Waals surface area contributed by atoms with Crippen molar-refractivity contribution >= 4 is 11.8 Å². The van der Waals surface area contributed by atoms with E-state index in [1.165, 1.54) is 0 Å². The van der Waals surface area contributed by atoms with E-state index in [2.05, 4.69) is 5.32 Å². The summed E-state index contributed by atoms with van der Waals surface area (Å²) in [6, 6.07) is -0.0147. The molecule has 5 nitrogen and oxygen atoms in total. The van der Waals surface area contributed by atoms with E-state index in [0.29, 0.717) is 5.92 Å². The fourth-order valence-electron chi connectivity index (χ4n) is 3.36. The van der Waals surface area contributed by atoms with Gasteiger partial charge in [-0.05, 0) is 45.4 Å². The molecular formula is C14H22N2O3. The van der Waals surface area contributed by atoms with Crippen molar-refractivity contribution in [2.75, 3.05) is 13.2 Å². The number of amides is 2. The standard InChI is InChI=1S/C14H22N2O3/c1-9(11-4-3-7-19-11)16-8-12(17)15-14(2,13(16)18)10-5-6-10/h9-11H,3-8H2,1-2H3,(H,15,17). The summed E-state index contributed by atoms with van der Waals surface area (Å²) in [5.74, 6) is 0.333. The highest BCUT2D eigenvalue weighted by molar-refractivity contribution is 5.98. The maximum atomic E-state index is 12.7. The third-order valence-corrected chi connectivity index (χ3v) is 4.81. The van der Waals surface area contributed by atoms with Crippen LogP contribution in [-0.4, -0.2) is 47.6 Å². The van der Waals surface area contributed by atoms with Crippen molar-refractivity contribution in [2.45, 2.75) is 57.2 Å². The van der Waals surface area contributed by atoms with Gasteiger partial charge in [0.05, 0.1) is 12.1 Å². The van der Waals surface area contributed by atoms with E-state index in [-0.39, 0.29) is 30.5 Å². The van der Waals surface area contributed by atoms with Crippen LogP contribution in [-0.2, 0) is 14.3 Å². The largest absolute Gasteiger partial charge is 0.376 e. The van der Waals surface area contributed by atoms with E-state index >= 15 is 0 Å². The second kappa shape index (κ2) is 4.47. The molecule has 2 saturated heterocycles. The van der Waals surface area contributed by atoms with Crippen LogP contribution in [0.2, 0.25) is 0 Å². The maximum Gasteiger partial charge on any atom is 0.249 e. The monoisotopic (exact) mass is 266 g/mol. The van der Waals surface area contributed by atoms with Crippen LogP contribution < -0.4 is 5.32 Å². The number of carbonyl (C=O) groups excluding carboxylic acids is 2. The second-order valence-electron chi connectivity index (χ2n) is 6.25. The molecule has 3 aliphatic rings. The first-order valence-corrected chi connectivity index (χ1v) is 7.26. The molecule has 3 rings (SSSR count). The molecule has 0 aromatic rings. The molecule has 5 heteroatoms. The Morgan fingerprint density at radius 3 is 2.68 bits per heavy atom. The minimum absolute atomic E-state index is 0.0147. The van der Waals surface area contributed by atoms with E-state index in [1.54, 1.807) is 4.90 Å². The fourth-order valence-corrected chi connectivity index (χ4v) is 3.36. The fraction of sp³-hybridized carbons (Fsp3) is 0.857. The quantitative estimate of drug-likeness (QED) is 0.817. The summed E-state index contributed by atoms with van der Waals surface area (Å²) >= 11 is 0. The highest BCUT2D eigenvalue weighted by atomic mass is 16.5. The average Bonchev–Trinajstić information content (AvgIpc) is 3.10. The lowest BCUT2D eigenvalue weighted by atomic mass is 9.90. The molecule has 0 aromatic heterocycles. The third kappa shape index (κ3) is 2.14. The highest BCUT2D eigenvalue weighted by Crippen LogP contribution is 2.42. The molecule has 3 unspecified atom stereocenters. The predicted molar refractivity (Wildman–Crippen MR) is 69.4 cm³/mol. The zero-order valence-electron chi connectivity index (χ0n) is 11.6. The van der Waals surface area contributed by atoms with Gasteiger partial charge >= 0.3 is 0 Å². The molecule has 0 spiro atoms. The van der Waals surface area contributed by atoms with Gasteiger partial charge in [-0.1, -0.05) is 0 Å². The molecule has 2 amide bonds.